The fraction of sp³-hybridized carbons (Fsp3) is 0.889. The van der Waals surface area contributed by atoms with Crippen LogP contribution in [-0.4, -0.2) is 164 Å². The minimum atomic E-state index is -0.966. The highest BCUT2D eigenvalue weighted by molar-refractivity contribution is 5.77. The third kappa shape index (κ3) is 36.0. The van der Waals surface area contributed by atoms with E-state index in [9.17, 15) is 19.2 Å². The molecule has 2 aliphatic rings. The van der Waals surface area contributed by atoms with E-state index in [0.717, 1.165) is 25.9 Å². The molecule has 0 bridgehead atoms. The van der Waals surface area contributed by atoms with Crippen LogP contribution in [0.2, 0.25) is 0 Å². The summed E-state index contributed by atoms with van der Waals surface area (Å²) < 4.78 is 40.3. The van der Waals surface area contributed by atoms with Crippen molar-refractivity contribution < 1.29 is 62.2 Å². The highest BCUT2D eigenvalue weighted by Gasteiger charge is 2.26. The summed E-state index contributed by atoms with van der Waals surface area (Å²) in [6.07, 6.45) is 2.69. The Balaban J connectivity index is -0.000000760. The Morgan fingerprint density at radius 2 is 1.00 bits per heavy atom. The van der Waals surface area contributed by atoms with E-state index < -0.39 is 23.3 Å². The van der Waals surface area contributed by atoms with Gasteiger partial charge in [0.05, 0.1) is 52.9 Å². The van der Waals surface area contributed by atoms with Gasteiger partial charge < -0.3 is 63.9 Å². The number of rotatable bonds is 18. The van der Waals surface area contributed by atoms with E-state index in [2.05, 4.69) is 16.0 Å². The summed E-state index contributed by atoms with van der Waals surface area (Å²) in [6, 6.07) is 0.306. The number of carboxylic acid groups (broad SMARTS) is 1. The molecule has 53 heavy (non-hydrogen) atoms. The molecular formula is C36H74N4O13. The Labute approximate surface area is 318 Å². The number of ether oxygens (including phenoxy) is 8. The second kappa shape index (κ2) is 32.6. The molecule has 4 N–H and O–H groups in total. The van der Waals surface area contributed by atoms with Gasteiger partial charge in [-0.1, -0.05) is 14.9 Å². The fourth-order valence-electron chi connectivity index (χ4n) is 4.32. The van der Waals surface area contributed by atoms with Gasteiger partial charge in [0.15, 0.2) is 0 Å². The molecule has 0 aromatic rings. The average Bonchev–Trinajstić information content (AvgIpc) is 3.03. The number of hydrogen-bond acceptors (Lipinski definition) is 13. The number of carbonyl (C=O) groups is 4. The summed E-state index contributed by atoms with van der Waals surface area (Å²) in [5.41, 5.74) is -0.914. The van der Waals surface area contributed by atoms with Gasteiger partial charge in [0.2, 0.25) is 5.91 Å². The zero-order valence-corrected chi connectivity index (χ0v) is 32.2. The predicted octanol–water partition coefficient (Wildman–Crippen LogP) is 3.47. The summed E-state index contributed by atoms with van der Waals surface area (Å²) in [4.78, 5) is 46.9. The van der Waals surface area contributed by atoms with Crippen molar-refractivity contribution in [3.05, 3.63) is 0 Å². The number of aliphatic carboxylic acids is 1. The van der Waals surface area contributed by atoms with Crippen LogP contribution in [0.5, 0.6) is 0 Å². The molecule has 0 unspecified atom stereocenters. The van der Waals surface area contributed by atoms with E-state index >= 15 is 0 Å². The van der Waals surface area contributed by atoms with E-state index in [0.29, 0.717) is 78.8 Å². The first-order valence-corrected chi connectivity index (χ1v) is 17.5. The number of likely N-dealkylation sites (tertiary alicyclic amines) is 1. The van der Waals surface area contributed by atoms with Crippen LogP contribution in [0.25, 0.3) is 0 Å². The van der Waals surface area contributed by atoms with Crippen LogP contribution in [-0.2, 0) is 47.5 Å². The molecule has 2 aliphatic heterocycles. The molecule has 17 nitrogen and oxygen atoms in total. The lowest BCUT2D eigenvalue weighted by Crippen LogP contribution is -2.48. The molecule has 316 valence electrons. The molecular weight excluding hydrogens is 696 g/mol. The number of piperidine rings is 2. The first-order valence-electron chi connectivity index (χ1n) is 17.5. The van der Waals surface area contributed by atoms with Crippen LogP contribution in [0.4, 0.5) is 9.59 Å². The van der Waals surface area contributed by atoms with E-state index in [-0.39, 0.29) is 52.2 Å². The van der Waals surface area contributed by atoms with Gasteiger partial charge in [-0.3, -0.25) is 4.79 Å². The Kier molecular flexibility index (Phi) is 33.6. The number of methoxy groups -OCH3 is 2. The summed E-state index contributed by atoms with van der Waals surface area (Å²) in [7, 11) is 3.20. The Morgan fingerprint density at radius 1 is 0.623 bits per heavy atom. The zero-order chi connectivity index (χ0) is 38.5. The van der Waals surface area contributed by atoms with Gasteiger partial charge >= 0.3 is 18.2 Å². The first kappa shape index (κ1) is 54.5. The van der Waals surface area contributed by atoms with Crippen molar-refractivity contribution in [1.82, 2.24) is 20.9 Å². The lowest BCUT2D eigenvalue weighted by molar-refractivity contribution is -0.142. The third-order valence-corrected chi connectivity index (χ3v) is 6.69. The second-order valence-corrected chi connectivity index (χ2v) is 13.7. The fourth-order valence-corrected chi connectivity index (χ4v) is 4.32. The molecule has 0 atom stereocenters. The van der Waals surface area contributed by atoms with Crippen LogP contribution < -0.4 is 16.0 Å². The lowest BCUT2D eigenvalue weighted by Gasteiger charge is -2.32. The maximum atomic E-state index is 12.1. The Morgan fingerprint density at radius 3 is 1.40 bits per heavy atom. The van der Waals surface area contributed by atoms with Crippen molar-refractivity contribution in [2.24, 2.45) is 0 Å². The Bertz CT molecular complexity index is 931. The van der Waals surface area contributed by atoms with E-state index in [1.165, 1.54) is 0 Å². The summed E-state index contributed by atoms with van der Waals surface area (Å²) in [5, 5.41) is 17.1. The maximum Gasteiger partial charge on any atom is 0.407 e. The monoisotopic (exact) mass is 771 g/mol. The molecule has 0 aliphatic carbocycles. The number of carboxylic acids is 1. The molecule has 0 saturated carbocycles. The summed E-state index contributed by atoms with van der Waals surface area (Å²) in [5.74, 6) is -1.00. The zero-order valence-electron chi connectivity index (χ0n) is 32.2. The average molecular weight is 771 g/mol. The van der Waals surface area contributed by atoms with Crippen molar-refractivity contribution in [2.75, 3.05) is 106 Å². The Hall–Kier alpha value is -2.80. The second-order valence-electron chi connectivity index (χ2n) is 13.7. The maximum absolute atomic E-state index is 12.1. The van der Waals surface area contributed by atoms with E-state index in [1.807, 2.05) is 41.5 Å². The molecule has 0 spiro atoms. The number of amides is 3. The minimum Gasteiger partial charge on any atom is -0.480 e. The van der Waals surface area contributed by atoms with Gasteiger partial charge in [0, 0.05) is 39.4 Å². The van der Waals surface area contributed by atoms with Crippen molar-refractivity contribution in [1.29, 1.82) is 0 Å². The number of alkyl carbamates (subject to hydrolysis) is 2. The summed E-state index contributed by atoms with van der Waals surface area (Å²) in [6.45, 7) is 17.7. The van der Waals surface area contributed by atoms with Gasteiger partial charge in [-0.2, -0.15) is 0 Å². The van der Waals surface area contributed by atoms with Crippen molar-refractivity contribution in [3.8, 4) is 0 Å². The smallest absolute Gasteiger partial charge is 0.407 e. The molecule has 2 heterocycles. The normalized spacial score (nSPS) is 14.8. The van der Waals surface area contributed by atoms with Gasteiger partial charge in [-0.25, -0.2) is 14.4 Å². The quantitative estimate of drug-likeness (QED) is 0.148. The van der Waals surface area contributed by atoms with Gasteiger partial charge in [0.1, 0.15) is 24.4 Å². The number of nitrogens with zero attached hydrogens (tertiary/aromatic N) is 1. The van der Waals surface area contributed by atoms with Gasteiger partial charge in [-0.15, -0.1) is 0 Å². The highest BCUT2D eigenvalue weighted by atomic mass is 16.6. The molecule has 0 radical (unpaired) electrons. The molecule has 3 amide bonds. The standard InChI is InChI=1S/C17H32N2O6.C10H20N2O2.C7H14O5.2CH4/c1-17(2,3)25-16(21)18-14-5-7-19(8-6-14)15(20)13-24-12-11-23-10-9-22-4;1-10(2,3)14-9(13)12-8-4-6-11-7-5-8;1-10-2-3-11-4-5-12-6-7(8)9;;/h14H,5-13H2,1-4H3,(H,18,21);8,11H,4-7H2,1-3H3,(H,12,13);2-6H2,1H3,(H,8,9);2*1H4. The third-order valence-electron chi connectivity index (χ3n) is 6.69. The lowest BCUT2D eigenvalue weighted by atomic mass is 10.1. The summed E-state index contributed by atoms with van der Waals surface area (Å²) >= 11 is 0. The van der Waals surface area contributed by atoms with Crippen LogP contribution in [0, 0.1) is 0 Å². The molecule has 2 rings (SSSR count). The SMILES string of the molecule is C.C.CC(C)(C)OC(=O)NC1CCNCC1.COCCOCCOCC(=O)N1CCC(NC(=O)OC(C)(C)C)CC1.COCCOCCOCC(=O)O. The molecule has 0 aromatic heterocycles. The molecule has 2 fully saturated rings. The largest absolute Gasteiger partial charge is 0.480 e. The van der Waals surface area contributed by atoms with Crippen LogP contribution >= 0.6 is 0 Å². The van der Waals surface area contributed by atoms with Crippen LogP contribution in [0.1, 0.15) is 82.1 Å². The topological polar surface area (TPSA) is 202 Å². The van der Waals surface area contributed by atoms with E-state index in [1.54, 1.807) is 19.1 Å². The molecule has 2 saturated heterocycles. The first-order chi connectivity index (χ1) is 24.1. The van der Waals surface area contributed by atoms with Gasteiger partial charge in [0.25, 0.3) is 0 Å². The molecule has 17 heteroatoms. The minimum absolute atomic E-state index is 0. The highest BCUT2D eigenvalue weighted by Crippen LogP contribution is 2.13. The van der Waals surface area contributed by atoms with Gasteiger partial charge in [-0.05, 0) is 80.3 Å². The van der Waals surface area contributed by atoms with Crippen molar-refractivity contribution in [3.63, 3.8) is 0 Å². The van der Waals surface area contributed by atoms with Crippen molar-refractivity contribution >= 4 is 24.1 Å². The molecule has 0 aromatic carbocycles. The predicted molar refractivity (Wildman–Crippen MR) is 202 cm³/mol. The van der Waals surface area contributed by atoms with Crippen molar-refractivity contribution in [2.45, 2.75) is 105 Å². The van der Waals surface area contributed by atoms with E-state index in [4.69, 9.17) is 43.0 Å². The number of nitrogens with one attached hydrogen (secondary N) is 3. The van der Waals surface area contributed by atoms with Crippen LogP contribution in [0.3, 0.4) is 0 Å². The number of carbonyl (C=O) groups excluding carboxylic acids is 3. The van der Waals surface area contributed by atoms with Crippen LogP contribution in [0.15, 0.2) is 0 Å². The number of hydrogen-bond donors (Lipinski definition) is 4.